The molecule has 0 saturated carbocycles. The number of nitrogens with one attached hydrogen (secondary N) is 1. The molecule has 0 rings (SSSR count). The Morgan fingerprint density at radius 3 is 2.46 bits per heavy atom. The minimum Gasteiger partial charge on any atom is -1.00 e. The van der Waals surface area contributed by atoms with Crippen molar-refractivity contribution < 1.29 is 48.7 Å². The Morgan fingerprint density at radius 1 is 1.69 bits per heavy atom. The minimum atomic E-state index is -3.98. The quantitative estimate of drug-likeness (QED) is 0.325. The van der Waals surface area contributed by atoms with Gasteiger partial charge in [0.2, 0.25) is 5.91 Å². The molecular formula is C5H11BrNNaO4S. The molecule has 2 N–H and O–H groups in total. The number of rotatable bonds is 4. The van der Waals surface area contributed by atoms with Gasteiger partial charge in [-0.1, -0.05) is 15.9 Å². The van der Waals surface area contributed by atoms with E-state index in [1.165, 1.54) is 0 Å². The van der Waals surface area contributed by atoms with Gasteiger partial charge in [-0.3, -0.25) is 9.35 Å². The molecule has 0 aliphatic heterocycles. The van der Waals surface area contributed by atoms with Crippen molar-refractivity contribution in [2.75, 3.05) is 12.3 Å². The van der Waals surface area contributed by atoms with Gasteiger partial charge in [0.25, 0.3) is 10.1 Å². The smallest absolute Gasteiger partial charge is 1.00 e. The number of halogens is 1. The minimum absolute atomic E-state index is 0. The predicted molar refractivity (Wildman–Crippen MR) is 48.9 cm³/mol. The third-order valence-corrected chi connectivity index (χ3v) is 2.16. The van der Waals surface area contributed by atoms with Crippen LogP contribution in [-0.4, -0.2) is 36.0 Å². The Balaban J connectivity index is -0.000000605. The summed E-state index contributed by atoms with van der Waals surface area (Å²) in [6.45, 7) is 1.54. The van der Waals surface area contributed by atoms with Gasteiger partial charge in [-0.25, -0.2) is 0 Å². The maximum Gasteiger partial charge on any atom is 1.00 e. The summed E-state index contributed by atoms with van der Waals surface area (Å²) in [5.41, 5.74) is 0. The number of hydrogen-bond donors (Lipinski definition) is 2. The van der Waals surface area contributed by atoms with Crippen LogP contribution in [0.3, 0.4) is 0 Å². The van der Waals surface area contributed by atoms with Crippen LogP contribution in [0.25, 0.3) is 0 Å². The van der Waals surface area contributed by atoms with Crippen molar-refractivity contribution in [2.24, 2.45) is 0 Å². The monoisotopic (exact) mass is 283 g/mol. The third kappa shape index (κ3) is 10.8. The fraction of sp³-hybridized carbons (Fsp3) is 0.800. The van der Waals surface area contributed by atoms with Crippen molar-refractivity contribution in [3.05, 3.63) is 0 Å². The summed E-state index contributed by atoms with van der Waals surface area (Å²) in [4.78, 5) is 10.4. The van der Waals surface area contributed by atoms with Crippen LogP contribution in [-0.2, 0) is 14.9 Å². The van der Waals surface area contributed by atoms with Crippen LogP contribution in [0.15, 0.2) is 0 Å². The van der Waals surface area contributed by atoms with E-state index in [1.807, 2.05) is 0 Å². The Labute approximate surface area is 109 Å². The summed E-state index contributed by atoms with van der Waals surface area (Å²) >= 11 is 3.00. The first-order valence-electron chi connectivity index (χ1n) is 3.20. The largest absolute Gasteiger partial charge is 1.00 e. The second-order valence-corrected chi connectivity index (χ2v) is 5.14. The van der Waals surface area contributed by atoms with E-state index in [4.69, 9.17) is 4.55 Å². The van der Waals surface area contributed by atoms with Crippen LogP contribution in [0.2, 0.25) is 0 Å². The van der Waals surface area contributed by atoms with Crippen molar-refractivity contribution >= 4 is 32.0 Å². The van der Waals surface area contributed by atoms with Gasteiger partial charge in [-0.15, -0.1) is 0 Å². The molecule has 5 nitrogen and oxygen atoms in total. The van der Waals surface area contributed by atoms with Gasteiger partial charge in [0, 0.05) is 6.54 Å². The van der Waals surface area contributed by atoms with E-state index in [9.17, 15) is 13.2 Å². The molecule has 0 aromatic carbocycles. The van der Waals surface area contributed by atoms with Crippen molar-refractivity contribution in [3.8, 4) is 0 Å². The molecule has 0 aromatic rings. The molecule has 0 spiro atoms. The van der Waals surface area contributed by atoms with Crippen molar-refractivity contribution in [1.82, 2.24) is 5.32 Å². The number of carbonyl (C=O) groups is 1. The van der Waals surface area contributed by atoms with Crippen molar-refractivity contribution in [2.45, 2.75) is 11.8 Å². The molecule has 0 saturated heterocycles. The van der Waals surface area contributed by atoms with E-state index in [0.29, 0.717) is 0 Å². The third-order valence-electron chi connectivity index (χ3n) is 1.02. The molecular weight excluding hydrogens is 273 g/mol. The van der Waals surface area contributed by atoms with Gasteiger partial charge in [0.05, 0.1) is 10.6 Å². The first kappa shape index (κ1) is 16.3. The molecule has 0 heterocycles. The van der Waals surface area contributed by atoms with Crippen molar-refractivity contribution in [3.63, 3.8) is 0 Å². The SMILES string of the molecule is CC(Br)C(=O)NCCS(=O)(=O)O.[H-].[Na+]. The van der Waals surface area contributed by atoms with Crippen LogP contribution < -0.4 is 34.9 Å². The number of carbonyl (C=O) groups excluding carboxylic acids is 1. The first-order chi connectivity index (χ1) is 5.33. The van der Waals surface area contributed by atoms with Gasteiger partial charge in [-0.2, -0.15) is 8.42 Å². The van der Waals surface area contributed by atoms with E-state index < -0.39 is 15.9 Å². The summed E-state index contributed by atoms with van der Waals surface area (Å²) in [6.07, 6.45) is 0. The van der Waals surface area contributed by atoms with Crippen LogP contribution in [0.4, 0.5) is 0 Å². The number of alkyl halides is 1. The molecule has 0 radical (unpaired) electrons. The van der Waals surface area contributed by atoms with E-state index in [1.54, 1.807) is 6.92 Å². The molecule has 1 unspecified atom stereocenters. The molecule has 0 bridgehead atoms. The van der Waals surface area contributed by atoms with Gasteiger partial charge < -0.3 is 6.74 Å². The summed E-state index contributed by atoms with van der Waals surface area (Å²) in [5, 5.41) is 2.31. The molecule has 0 fully saturated rings. The topological polar surface area (TPSA) is 83.5 Å². The van der Waals surface area contributed by atoms with Gasteiger partial charge >= 0.3 is 29.6 Å². The van der Waals surface area contributed by atoms with E-state index in [0.717, 1.165) is 0 Å². The maximum atomic E-state index is 10.8. The zero-order valence-corrected chi connectivity index (χ0v) is 11.9. The predicted octanol–water partition coefficient (Wildman–Crippen LogP) is -3.11. The average Bonchev–Trinajstić information content (AvgIpc) is 1.84. The Hall–Kier alpha value is 0.860. The van der Waals surface area contributed by atoms with Crippen LogP contribution in [0.1, 0.15) is 8.35 Å². The molecule has 1 amide bonds. The maximum absolute atomic E-state index is 10.8. The molecule has 13 heavy (non-hydrogen) atoms. The van der Waals surface area contributed by atoms with Gasteiger partial charge in [0.1, 0.15) is 0 Å². The van der Waals surface area contributed by atoms with Crippen LogP contribution >= 0.6 is 15.9 Å². The van der Waals surface area contributed by atoms with Gasteiger partial charge in [-0.05, 0) is 6.92 Å². The Morgan fingerprint density at radius 2 is 2.15 bits per heavy atom. The molecule has 1 atom stereocenters. The number of hydrogen-bond acceptors (Lipinski definition) is 3. The number of amides is 1. The summed E-state index contributed by atoms with van der Waals surface area (Å²) in [7, 11) is -3.98. The fourth-order valence-corrected chi connectivity index (χ4v) is 0.966. The Kier molecular flexibility index (Phi) is 9.01. The Bertz CT molecular complexity index is 258. The summed E-state index contributed by atoms with van der Waals surface area (Å²) in [5.74, 6) is -0.767. The molecule has 0 aromatic heterocycles. The zero-order chi connectivity index (χ0) is 9.78. The van der Waals surface area contributed by atoms with E-state index >= 15 is 0 Å². The van der Waals surface area contributed by atoms with E-state index in [-0.39, 0.29) is 48.3 Å². The average molecular weight is 284 g/mol. The molecule has 74 valence electrons. The first-order valence-corrected chi connectivity index (χ1v) is 5.72. The van der Waals surface area contributed by atoms with Crippen LogP contribution in [0.5, 0.6) is 0 Å². The van der Waals surface area contributed by atoms with Gasteiger partial charge in [0.15, 0.2) is 0 Å². The zero-order valence-electron chi connectivity index (χ0n) is 8.45. The fourth-order valence-electron chi connectivity index (χ4n) is 0.444. The van der Waals surface area contributed by atoms with Crippen LogP contribution in [0, 0.1) is 0 Å². The van der Waals surface area contributed by atoms with E-state index in [2.05, 4.69) is 21.2 Å². The molecule has 0 aliphatic carbocycles. The second-order valence-electron chi connectivity index (χ2n) is 2.19. The molecule has 8 heteroatoms. The van der Waals surface area contributed by atoms with Crippen molar-refractivity contribution in [1.29, 1.82) is 0 Å². The normalized spacial score (nSPS) is 12.8. The standard InChI is InChI=1S/C5H10BrNO4S.Na.H/c1-4(6)5(8)7-2-3-12(9,10)11;;/h4H,2-3H2,1H3,(H,7,8)(H,9,10,11);;/q;+1;-1. The second kappa shape index (κ2) is 7.19. The summed E-state index contributed by atoms with van der Waals surface area (Å²) < 4.78 is 28.6. The molecule has 0 aliphatic rings. The summed E-state index contributed by atoms with van der Waals surface area (Å²) in [6, 6.07) is 0.